The molecule has 4 unspecified atom stereocenters. The van der Waals surface area contributed by atoms with Crippen LogP contribution in [0.2, 0.25) is 0 Å². The molecule has 0 bridgehead atoms. The lowest BCUT2D eigenvalue weighted by molar-refractivity contribution is 1.12. The maximum absolute atomic E-state index is 2.79. The van der Waals surface area contributed by atoms with Crippen LogP contribution >= 0.6 is 35.6 Å². The topological polar surface area (TPSA) is 0 Å². The Morgan fingerprint density at radius 3 is 1.67 bits per heavy atom. The zero-order valence-corrected chi connectivity index (χ0v) is 10.00. The lowest BCUT2D eigenvalue weighted by atomic mass is 10.6. The fraction of sp³-hybridized carbons (Fsp3) is 1.00. The molecule has 0 radical (unpaired) electrons. The first-order chi connectivity index (χ1) is 4.41. The third-order valence-corrected chi connectivity index (χ3v) is 4.72. The molecule has 0 saturated heterocycles. The van der Waals surface area contributed by atoms with E-state index in [9.17, 15) is 0 Å². The van der Waals surface area contributed by atoms with Crippen molar-refractivity contribution in [3.05, 3.63) is 0 Å². The zero-order chi connectivity index (χ0) is 6.95. The van der Waals surface area contributed by atoms with Gasteiger partial charge in [0.15, 0.2) is 0 Å². The maximum atomic E-state index is 2.79. The molecule has 0 aliphatic carbocycles. The molecule has 0 heterocycles. The van der Waals surface area contributed by atoms with Crippen molar-refractivity contribution in [2.75, 3.05) is 24.1 Å². The Morgan fingerprint density at radius 1 is 0.889 bits per heavy atom. The van der Waals surface area contributed by atoms with Gasteiger partial charge in [0.2, 0.25) is 0 Å². The minimum atomic E-state index is 1.19. The zero-order valence-electron chi connectivity index (χ0n) is 5.69. The van der Waals surface area contributed by atoms with E-state index in [0.29, 0.717) is 0 Å². The van der Waals surface area contributed by atoms with Crippen LogP contribution in [0.3, 0.4) is 0 Å². The average Bonchev–Trinajstić information content (AvgIpc) is 1.89. The van der Waals surface area contributed by atoms with Gasteiger partial charge in [-0.25, -0.2) is 0 Å². The normalized spacial score (nSPS) is 12.7. The summed E-state index contributed by atoms with van der Waals surface area (Å²) in [5, 5.41) is 0. The molecule has 0 aromatic carbocycles. The first kappa shape index (κ1) is 10.7. The molecule has 0 saturated carbocycles. The molecule has 0 rings (SSSR count). The van der Waals surface area contributed by atoms with Crippen molar-refractivity contribution in [2.24, 2.45) is 0 Å². The minimum Gasteiger partial charge on any atom is -0.133 e. The third-order valence-electron chi connectivity index (χ3n) is 0.996. The second kappa shape index (κ2) is 9.72. The highest BCUT2D eigenvalue weighted by molar-refractivity contribution is 7.49. The fourth-order valence-corrected chi connectivity index (χ4v) is 3.38. The summed E-state index contributed by atoms with van der Waals surface area (Å²) >= 11 is 0. The maximum Gasteiger partial charge on any atom is -0.0203 e. The van der Waals surface area contributed by atoms with Crippen molar-refractivity contribution in [3.8, 4) is 0 Å². The van der Waals surface area contributed by atoms with Gasteiger partial charge in [0.1, 0.15) is 0 Å². The summed E-state index contributed by atoms with van der Waals surface area (Å²) in [5.41, 5.74) is 0. The Hall–Kier alpha value is 1.72. The molecule has 0 aromatic rings. The minimum absolute atomic E-state index is 1.19. The van der Waals surface area contributed by atoms with Crippen LogP contribution in [0.1, 0.15) is 6.42 Å². The molecular formula is C5H16P4. The van der Waals surface area contributed by atoms with Crippen molar-refractivity contribution in [3.63, 3.8) is 0 Å². The molecule has 0 aliphatic heterocycles. The van der Waals surface area contributed by atoms with Gasteiger partial charge >= 0.3 is 0 Å². The first-order valence-corrected chi connectivity index (χ1v) is 7.69. The summed E-state index contributed by atoms with van der Waals surface area (Å²) in [6, 6.07) is 0. The average molecular weight is 200 g/mol. The molecule has 4 atom stereocenters. The monoisotopic (exact) mass is 200 g/mol. The van der Waals surface area contributed by atoms with Crippen LogP contribution in [0.25, 0.3) is 0 Å². The molecule has 0 fully saturated rings. The quantitative estimate of drug-likeness (QED) is 0.456. The van der Waals surface area contributed by atoms with E-state index in [1.54, 1.807) is 0 Å². The van der Waals surface area contributed by atoms with Crippen molar-refractivity contribution < 1.29 is 0 Å². The van der Waals surface area contributed by atoms with Gasteiger partial charge < -0.3 is 0 Å². The summed E-state index contributed by atoms with van der Waals surface area (Å²) in [7, 11) is 7.95. The van der Waals surface area contributed by atoms with Gasteiger partial charge in [0.25, 0.3) is 0 Å². The summed E-state index contributed by atoms with van der Waals surface area (Å²) < 4.78 is 0. The van der Waals surface area contributed by atoms with Crippen LogP contribution in [-0.2, 0) is 0 Å². The van der Waals surface area contributed by atoms with Crippen LogP contribution in [0.15, 0.2) is 0 Å². The van der Waals surface area contributed by atoms with Crippen LogP contribution in [0, 0.1) is 0 Å². The van der Waals surface area contributed by atoms with E-state index in [2.05, 4.69) is 18.5 Å². The second-order valence-corrected chi connectivity index (χ2v) is 7.03. The highest BCUT2D eigenvalue weighted by Gasteiger charge is 1.85. The van der Waals surface area contributed by atoms with Gasteiger partial charge in [-0.15, -0.1) is 35.6 Å². The predicted molar refractivity (Wildman–Crippen MR) is 60.1 cm³/mol. The summed E-state index contributed by atoms with van der Waals surface area (Å²) in [4.78, 5) is 0. The van der Waals surface area contributed by atoms with Gasteiger partial charge in [0.05, 0.1) is 0 Å². The van der Waals surface area contributed by atoms with Gasteiger partial charge in [-0.05, 0) is 30.6 Å². The van der Waals surface area contributed by atoms with Gasteiger partial charge in [-0.1, -0.05) is 0 Å². The lowest BCUT2D eigenvalue weighted by Crippen LogP contribution is -1.79. The molecule has 0 aliphatic rings. The Balaban J connectivity index is 2.60. The van der Waals surface area contributed by atoms with Crippen LogP contribution in [0.4, 0.5) is 0 Å². The van der Waals surface area contributed by atoms with E-state index in [-0.39, 0.29) is 0 Å². The first-order valence-electron chi connectivity index (χ1n) is 3.23. The van der Waals surface area contributed by atoms with Crippen molar-refractivity contribution in [1.29, 1.82) is 0 Å². The Morgan fingerprint density at radius 2 is 1.33 bits per heavy atom. The van der Waals surface area contributed by atoms with Gasteiger partial charge in [-0.3, -0.25) is 0 Å². The van der Waals surface area contributed by atoms with Crippen LogP contribution in [-0.4, -0.2) is 24.1 Å². The summed E-state index contributed by atoms with van der Waals surface area (Å²) in [6.45, 7) is 0. The van der Waals surface area contributed by atoms with E-state index in [1.807, 2.05) is 0 Å². The molecule has 56 valence electrons. The molecule has 4 heteroatoms. The highest BCUT2D eigenvalue weighted by atomic mass is 31.1. The third kappa shape index (κ3) is 9.72. The molecule has 0 amide bonds. The highest BCUT2D eigenvalue weighted by Crippen LogP contribution is 2.19. The summed E-state index contributed by atoms with van der Waals surface area (Å²) in [6.07, 6.45) is 4.38. The molecule has 9 heavy (non-hydrogen) atoms. The van der Waals surface area contributed by atoms with Gasteiger partial charge in [0, 0.05) is 0 Å². The van der Waals surface area contributed by atoms with Crippen molar-refractivity contribution in [1.82, 2.24) is 0 Å². The van der Waals surface area contributed by atoms with Crippen LogP contribution < -0.4 is 0 Å². The largest absolute Gasteiger partial charge is 0.133 e. The van der Waals surface area contributed by atoms with Crippen LogP contribution in [0.5, 0.6) is 0 Å². The Bertz CT molecular complexity index is 42.2. The van der Waals surface area contributed by atoms with Gasteiger partial charge in [-0.2, -0.15) is 0 Å². The smallest absolute Gasteiger partial charge is 0.0203 e. The number of rotatable bonds is 6. The van der Waals surface area contributed by atoms with E-state index >= 15 is 0 Å². The lowest BCUT2D eigenvalue weighted by Gasteiger charge is -1.96. The molecular weight excluding hydrogens is 184 g/mol. The van der Waals surface area contributed by atoms with E-state index in [1.165, 1.54) is 47.7 Å². The predicted octanol–water partition coefficient (Wildman–Crippen LogP) is 2.40. The van der Waals surface area contributed by atoms with Crippen molar-refractivity contribution >= 4 is 35.6 Å². The molecule has 0 spiro atoms. The summed E-state index contributed by atoms with van der Waals surface area (Å²) in [5.74, 6) is 2.62. The SMILES string of the molecule is PCPCCCPCP. The molecule has 0 N–H and O–H groups in total. The molecule has 0 aromatic heterocycles. The Kier molecular flexibility index (Phi) is 11.6. The Labute approximate surface area is 66.7 Å². The number of hydrogen-bond donors (Lipinski definition) is 0. The van der Waals surface area contributed by atoms with Crippen molar-refractivity contribution in [2.45, 2.75) is 6.42 Å². The standard InChI is InChI=1S/C5H16P4/c6-4-8-2-1-3-9-5-7/h8-9H,1-7H2. The van der Waals surface area contributed by atoms with E-state index in [0.717, 1.165) is 0 Å². The molecule has 0 nitrogen and oxygen atoms in total. The van der Waals surface area contributed by atoms with E-state index in [4.69, 9.17) is 0 Å². The number of hydrogen-bond acceptors (Lipinski definition) is 0. The van der Waals surface area contributed by atoms with E-state index < -0.39 is 0 Å². The fourth-order valence-electron chi connectivity index (χ4n) is 0.543. The second-order valence-electron chi connectivity index (χ2n) is 1.76.